The van der Waals surface area contributed by atoms with E-state index < -0.39 is 5.60 Å². The summed E-state index contributed by atoms with van der Waals surface area (Å²) in [6, 6.07) is 3.77. The van der Waals surface area contributed by atoms with E-state index in [1.165, 1.54) is 0 Å². The molecule has 0 saturated carbocycles. The van der Waals surface area contributed by atoms with Gasteiger partial charge < -0.3 is 14.4 Å². The highest BCUT2D eigenvalue weighted by Gasteiger charge is 2.29. The fraction of sp³-hybridized carbons (Fsp3) is 0.625. The van der Waals surface area contributed by atoms with Gasteiger partial charge in [-0.1, -0.05) is 0 Å². The summed E-state index contributed by atoms with van der Waals surface area (Å²) in [6.45, 7) is 7.01. The quantitative estimate of drug-likeness (QED) is 0.739. The van der Waals surface area contributed by atoms with Crippen LogP contribution in [0, 0.1) is 0 Å². The van der Waals surface area contributed by atoms with E-state index in [1.54, 1.807) is 12.0 Å². The summed E-state index contributed by atoms with van der Waals surface area (Å²) in [7, 11) is 1.64. The number of nitrogens with zero attached hydrogens (tertiary/aromatic N) is 2. The minimum atomic E-state index is -0.471. The molecule has 1 fully saturated rings. The predicted molar refractivity (Wildman–Crippen MR) is 88.3 cm³/mol. The highest BCUT2D eigenvalue weighted by molar-refractivity contribution is 9.10. The zero-order valence-electron chi connectivity index (χ0n) is 13.6. The maximum Gasteiger partial charge on any atom is 0.410 e. The van der Waals surface area contributed by atoms with Crippen molar-refractivity contribution in [3.63, 3.8) is 0 Å². The third-order valence-electron chi connectivity index (χ3n) is 3.51. The van der Waals surface area contributed by atoms with E-state index >= 15 is 0 Å². The Morgan fingerprint density at radius 1 is 1.41 bits per heavy atom. The van der Waals surface area contributed by atoms with Crippen LogP contribution in [0.1, 0.15) is 45.2 Å². The Labute approximate surface area is 140 Å². The van der Waals surface area contributed by atoms with E-state index in [1.807, 2.05) is 32.9 Å². The van der Waals surface area contributed by atoms with Crippen molar-refractivity contribution in [2.45, 2.75) is 45.1 Å². The van der Waals surface area contributed by atoms with E-state index in [4.69, 9.17) is 9.47 Å². The van der Waals surface area contributed by atoms with Gasteiger partial charge in [0.25, 0.3) is 0 Å². The lowest BCUT2D eigenvalue weighted by atomic mass is 9.94. The van der Waals surface area contributed by atoms with Crippen LogP contribution in [-0.4, -0.2) is 41.8 Å². The second-order valence-electron chi connectivity index (χ2n) is 6.52. The van der Waals surface area contributed by atoms with Gasteiger partial charge in [-0.25, -0.2) is 9.78 Å². The van der Waals surface area contributed by atoms with Gasteiger partial charge in [0, 0.05) is 31.1 Å². The maximum absolute atomic E-state index is 12.2. The summed E-state index contributed by atoms with van der Waals surface area (Å²) in [5, 5.41) is 0. The van der Waals surface area contributed by atoms with E-state index in [-0.39, 0.29) is 12.0 Å². The Hall–Kier alpha value is -1.30. The molecule has 1 aliphatic heterocycles. The molecule has 2 heterocycles. The van der Waals surface area contributed by atoms with Crippen LogP contribution >= 0.6 is 15.9 Å². The molecule has 1 aromatic heterocycles. The van der Waals surface area contributed by atoms with Crippen molar-refractivity contribution < 1.29 is 14.3 Å². The molecule has 1 aromatic rings. The zero-order valence-corrected chi connectivity index (χ0v) is 15.1. The van der Waals surface area contributed by atoms with Crippen LogP contribution < -0.4 is 4.74 Å². The van der Waals surface area contributed by atoms with Gasteiger partial charge in [-0.15, -0.1) is 0 Å². The molecule has 0 N–H and O–H groups in total. The zero-order chi connectivity index (χ0) is 16.3. The second kappa shape index (κ2) is 6.86. The Morgan fingerprint density at radius 3 is 2.77 bits per heavy atom. The monoisotopic (exact) mass is 370 g/mol. The van der Waals surface area contributed by atoms with Gasteiger partial charge in [0.2, 0.25) is 0 Å². The number of amides is 1. The molecular weight excluding hydrogens is 348 g/mol. The smallest absolute Gasteiger partial charge is 0.410 e. The summed E-state index contributed by atoms with van der Waals surface area (Å²) >= 11 is 3.41. The number of carbonyl (C=O) groups is 1. The summed E-state index contributed by atoms with van der Waals surface area (Å²) in [4.78, 5) is 18.5. The van der Waals surface area contributed by atoms with Crippen LogP contribution in [0.5, 0.6) is 5.75 Å². The first-order valence-electron chi connectivity index (χ1n) is 7.48. The van der Waals surface area contributed by atoms with Crippen LogP contribution in [0.2, 0.25) is 0 Å². The number of halogens is 1. The largest absolute Gasteiger partial charge is 0.497 e. The van der Waals surface area contributed by atoms with Crippen LogP contribution in [0.3, 0.4) is 0 Å². The first-order chi connectivity index (χ1) is 10.3. The van der Waals surface area contributed by atoms with Crippen molar-refractivity contribution in [1.82, 2.24) is 9.88 Å². The number of rotatable bonds is 2. The minimum absolute atomic E-state index is 0.202. The molecule has 0 radical (unpaired) electrons. The van der Waals surface area contributed by atoms with Gasteiger partial charge in [0.1, 0.15) is 16.0 Å². The lowest BCUT2D eigenvalue weighted by Crippen LogP contribution is -2.42. The van der Waals surface area contributed by atoms with Crippen LogP contribution in [0.15, 0.2) is 16.7 Å². The molecule has 1 saturated heterocycles. The standard InChI is InChI=1S/C16H23BrN2O3/c1-16(2,3)22-15(20)19-7-5-6-11(10-19)13-8-12(21-4)9-14(17)18-13/h8-9,11H,5-7,10H2,1-4H3. The molecule has 1 amide bonds. The molecule has 6 heteroatoms. The molecule has 0 spiro atoms. The fourth-order valence-corrected chi connectivity index (χ4v) is 2.96. The highest BCUT2D eigenvalue weighted by atomic mass is 79.9. The molecule has 0 bridgehead atoms. The van der Waals surface area contributed by atoms with Crippen LogP contribution in [0.25, 0.3) is 0 Å². The summed E-state index contributed by atoms with van der Waals surface area (Å²) in [6.07, 6.45) is 1.70. The molecule has 5 nitrogen and oxygen atoms in total. The molecule has 1 atom stereocenters. The SMILES string of the molecule is COc1cc(Br)nc(C2CCCN(C(=O)OC(C)(C)C)C2)c1. The molecule has 0 aromatic carbocycles. The van der Waals surface area contributed by atoms with Gasteiger partial charge >= 0.3 is 6.09 Å². The average Bonchev–Trinajstić information content (AvgIpc) is 2.45. The van der Waals surface area contributed by atoms with Crippen molar-refractivity contribution >= 4 is 22.0 Å². The second-order valence-corrected chi connectivity index (χ2v) is 7.33. The number of ether oxygens (including phenoxy) is 2. The minimum Gasteiger partial charge on any atom is -0.497 e. The first-order valence-corrected chi connectivity index (χ1v) is 8.27. The van der Waals surface area contributed by atoms with Gasteiger partial charge in [0.05, 0.1) is 12.8 Å². The number of likely N-dealkylation sites (tertiary alicyclic amines) is 1. The number of piperidine rings is 1. The van der Waals surface area contributed by atoms with Gasteiger partial charge in [0.15, 0.2) is 0 Å². The molecule has 22 heavy (non-hydrogen) atoms. The average molecular weight is 371 g/mol. The van der Waals surface area contributed by atoms with Crippen molar-refractivity contribution in [1.29, 1.82) is 0 Å². The van der Waals surface area contributed by atoms with Crippen molar-refractivity contribution in [3.05, 3.63) is 22.4 Å². The van der Waals surface area contributed by atoms with Gasteiger partial charge in [-0.05, 0) is 49.5 Å². The predicted octanol–water partition coefficient (Wildman–Crippen LogP) is 3.97. The Balaban J connectivity index is 2.10. The van der Waals surface area contributed by atoms with E-state index in [0.717, 1.165) is 35.4 Å². The lowest BCUT2D eigenvalue weighted by Gasteiger charge is -2.34. The van der Waals surface area contributed by atoms with Crippen molar-refractivity contribution in [2.24, 2.45) is 0 Å². The number of hydrogen-bond acceptors (Lipinski definition) is 4. The van der Waals surface area contributed by atoms with Gasteiger partial charge in [-0.2, -0.15) is 0 Å². The Kier molecular flexibility index (Phi) is 5.32. The number of pyridine rings is 1. The molecule has 1 aliphatic rings. The fourth-order valence-electron chi connectivity index (χ4n) is 2.53. The summed E-state index contributed by atoms with van der Waals surface area (Å²) in [5.41, 5.74) is 0.473. The van der Waals surface area contributed by atoms with Crippen LogP contribution in [0.4, 0.5) is 4.79 Å². The molecular formula is C16H23BrN2O3. The number of methoxy groups -OCH3 is 1. The first kappa shape index (κ1) is 17.1. The van der Waals surface area contributed by atoms with E-state index in [2.05, 4.69) is 20.9 Å². The molecule has 1 unspecified atom stereocenters. The maximum atomic E-state index is 12.2. The summed E-state index contributed by atoms with van der Waals surface area (Å²) < 4.78 is 11.5. The van der Waals surface area contributed by atoms with Crippen LogP contribution in [-0.2, 0) is 4.74 Å². The normalized spacial score (nSPS) is 19.0. The lowest BCUT2D eigenvalue weighted by molar-refractivity contribution is 0.0197. The van der Waals surface area contributed by atoms with Gasteiger partial charge in [-0.3, -0.25) is 0 Å². The molecule has 0 aliphatic carbocycles. The Bertz CT molecular complexity index is 543. The number of hydrogen-bond donors (Lipinski definition) is 0. The number of aromatic nitrogens is 1. The third kappa shape index (κ3) is 4.60. The number of carbonyl (C=O) groups excluding carboxylic acids is 1. The van der Waals surface area contributed by atoms with E-state index in [9.17, 15) is 4.79 Å². The topological polar surface area (TPSA) is 51.7 Å². The van der Waals surface area contributed by atoms with Crippen molar-refractivity contribution in [2.75, 3.05) is 20.2 Å². The molecule has 2 rings (SSSR count). The molecule has 122 valence electrons. The van der Waals surface area contributed by atoms with E-state index in [0.29, 0.717) is 6.54 Å². The highest BCUT2D eigenvalue weighted by Crippen LogP contribution is 2.30. The third-order valence-corrected chi connectivity index (χ3v) is 3.92. The van der Waals surface area contributed by atoms with Crippen molar-refractivity contribution in [3.8, 4) is 5.75 Å². The summed E-state index contributed by atoms with van der Waals surface area (Å²) in [5.74, 6) is 0.971. The Morgan fingerprint density at radius 2 is 2.14 bits per heavy atom.